The predicted molar refractivity (Wildman–Crippen MR) is 108 cm³/mol. The lowest BCUT2D eigenvalue weighted by Crippen LogP contribution is -2.24. The number of ether oxygens (including phenoxy) is 1. The molecule has 4 nitrogen and oxygen atoms in total. The second kappa shape index (κ2) is 8.76. The van der Waals surface area contributed by atoms with Gasteiger partial charge in [0.05, 0.1) is 6.54 Å². The van der Waals surface area contributed by atoms with Crippen molar-refractivity contribution in [2.45, 2.75) is 32.9 Å². The van der Waals surface area contributed by atoms with Crippen molar-refractivity contribution in [2.24, 2.45) is 10.7 Å². The van der Waals surface area contributed by atoms with Crippen LogP contribution in [0.2, 0.25) is 0 Å². The van der Waals surface area contributed by atoms with Crippen LogP contribution in [0.5, 0.6) is 5.75 Å². The molecule has 5 heteroatoms. The van der Waals surface area contributed by atoms with Gasteiger partial charge in [-0.15, -0.1) is 24.0 Å². The maximum Gasteiger partial charge on any atom is 0.193 e. The molecular formula is C18H24IN3O. The van der Waals surface area contributed by atoms with Crippen LogP contribution in [0.1, 0.15) is 26.3 Å². The fourth-order valence-electron chi connectivity index (χ4n) is 1.94. The molecule has 0 bridgehead atoms. The minimum atomic E-state index is -0.242. The lowest BCUT2D eigenvalue weighted by Gasteiger charge is -2.23. The number of hydrogen-bond acceptors (Lipinski definition) is 2. The van der Waals surface area contributed by atoms with Gasteiger partial charge >= 0.3 is 0 Å². The molecule has 0 aliphatic rings. The summed E-state index contributed by atoms with van der Waals surface area (Å²) in [6.07, 6.45) is 0. The normalized spacial score (nSPS) is 11.5. The van der Waals surface area contributed by atoms with E-state index in [2.05, 4.69) is 10.3 Å². The number of guanidine groups is 1. The number of para-hydroxylation sites is 2. The molecule has 2 aromatic rings. The van der Waals surface area contributed by atoms with Crippen LogP contribution in [-0.4, -0.2) is 11.6 Å². The molecular weight excluding hydrogens is 401 g/mol. The first-order valence-corrected chi connectivity index (χ1v) is 7.33. The second-order valence-corrected chi connectivity index (χ2v) is 6.01. The molecule has 0 saturated heterocycles. The third kappa shape index (κ3) is 6.90. The van der Waals surface area contributed by atoms with Gasteiger partial charge < -0.3 is 15.8 Å². The number of aliphatic imine (C=N–C) groups is 1. The van der Waals surface area contributed by atoms with Crippen LogP contribution in [0.15, 0.2) is 59.6 Å². The summed E-state index contributed by atoms with van der Waals surface area (Å²) in [4.78, 5) is 4.38. The van der Waals surface area contributed by atoms with Crippen molar-refractivity contribution in [3.05, 3.63) is 60.2 Å². The van der Waals surface area contributed by atoms with Gasteiger partial charge in [0.25, 0.3) is 0 Å². The van der Waals surface area contributed by atoms with Crippen molar-refractivity contribution in [1.82, 2.24) is 0 Å². The van der Waals surface area contributed by atoms with Crippen LogP contribution in [0.25, 0.3) is 0 Å². The van der Waals surface area contributed by atoms with Crippen molar-refractivity contribution in [3.8, 4) is 5.75 Å². The number of halogens is 1. The molecule has 0 aliphatic carbocycles. The molecule has 0 amide bonds. The quantitative estimate of drug-likeness (QED) is 0.434. The summed E-state index contributed by atoms with van der Waals surface area (Å²) in [5, 5.41) is 3.07. The fourth-order valence-corrected chi connectivity index (χ4v) is 1.94. The highest BCUT2D eigenvalue weighted by Gasteiger charge is 2.14. The Morgan fingerprint density at radius 2 is 1.65 bits per heavy atom. The number of benzene rings is 2. The van der Waals surface area contributed by atoms with E-state index in [0.29, 0.717) is 12.5 Å². The molecule has 2 aromatic carbocycles. The van der Waals surface area contributed by atoms with Crippen LogP contribution < -0.4 is 15.8 Å². The van der Waals surface area contributed by atoms with E-state index in [1.807, 2.05) is 75.4 Å². The van der Waals surface area contributed by atoms with Crippen LogP contribution in [0, 0.1) is 0 Å². The van der Waals surface area contributed by atoms with Crippen molar-refractivity contribution < 1.29 is 4.74 Å². The summed E-state index contributed by atoms with van der Waals surface area (Å²) in [6.45, 7) is 6.55. The van der Waals surface area contributed by atoms with E-state index in [4.69, 9.17) is 10.5 Å². The minimum absolute atomic E-state index is 0. The summed E-state index contributed by atoms with van der Waals surface area (Å²) in [5.41, 5.74) is 7.62. The van der Waals surface area contributed by atoms with Gasteiger partial charge in [-0.3, -0.25) is 0 Å². The number of hydrogen-bond donors (Lipinski definition) is 2. The Hall–Kier alpha value is -1.76. The topological polar surface area (TPSA) is 59.6 Å². The Balaban J connectivity index is 0.00000264. The van der Waals surface area contributed by atoms with Gasteiger partial charge in [0.2, 0.25) is 0 Å². The second-order valence-electron chi connectivity index (χ2n) is 6.01. The molecule has 0 heterocycles. The highest BCUT2D eigenvalue weighted by atomic mass is 127. The van der Waals surface area contributed by atoms with Crippen molar-refractivity contribution >= 4 is 35.6 Å². The molecule has 0 saturated carbocycles. The Bertz CT molecular complexity index is 636. The molecule has 0 aromatic heterocycles. The molecule has 0 aliphatic heterocycles. The number of anilines is 1. The van der Waals surface area contributed by atoms with E-state index < -0.39 is 0 Å². The first kappa shape index (κ1) is 19.3. The monoisotopic (exact) mass is 425 g/mol. The molecule has 23 heavy (non-hydrogen) atoms. The number of nitrogens with two attached hydrogens (primary N) is 1. The lowest BCUT2D eigenvalue weighted by atomic mass is 10.1. The van der Waals surface area contributed by atoms with Gasteiger partial charge in [0, 0.05) is 11.3 Å². The Morgan fingerprint density at radius 1 is 1.04 bits per heavy atom. The van der Waals surface area contributed by atoms with Crippen molar-refractivity contribution in [3.63, 3.8) is 0 Å². The maximum absolute atomic E-state index is 5.95. The summed E-state index contributed by atoms with van der Waals surface area (Å²) in [5.74, 6) is 1.23. The van der Waals surface area contributed by atoms with Gasteiger partial charge in [0.15, 0.2) is 5.96 Å². The van der Waals surface area contributed by atoms with Gasteiger partial charge in [-0.05, 0) is 39.0 Å². The first-order chi connectivity index (χ1) is 10.4. The maximum atomic E-state index is 5.95. The van der Waals surface area contributed by atoms with E-state index in [9.17, 15) is 0 Å². The highest BCUT2D eigenvalue weighted by molar-refractivity contribution is 14.0. The minimum Gasteiger partial charge on any atom is -0.488 e. The van der Waals surface area contributed by atoms with Gasteiger partial charge in [-0.2, -0.15) is 0 Å². The van der Waals surface area contributed by atoms with Crippen molar-refractivity contribution in [1.29, 1.82) is 0 Å². The lowest BCUT2D eigenvalue weighted by molar-refractivity contribution is 0.129. The number of nitrogens with one attached hydrogen (secondary N) is 1. The molecule has 2 rings (SSSR count). The summed E-state index contributed by atoms with van der Waals surface area (Å²) >= 11 is 0. The van der Waals surface area contributed by atoms with E-state index in [0.717, 1.165) is 17.0 Å². The summed E-state index contributed by atoms with van der Waals surface area (Å²) in [7, 11) is 0. The average molecular weight is 425 g/mol. The van der Waals surface area contributed by atoms with Crippen LogP contribution in [0.3, 0.4) is 0 Å². The predicted octanol–water partition coefficient (Wildman–Crippen LogP) is 4.41. The number of nitrogens with zero attached hydrogens (tertiary/aromatic N) is 1. The average Bonchev–Trinajstić information content (AvgIpc) is 2.46. The van der Waals surface area contributed by atoms with Crippen LogP contribution in [0.4, 0.5) is 5.69 Å². The molecule has 3 N–H and O–H groups in total. The molecule has 0 radical (unpaired) electrons. The Morgan fingerprint density at radius 3 is 2.30 bits per heavy atom. The highest BCUT2D eigenvalue weighted by Crippen LogP contribution is 2.23. The van der Waals surface area contributed by atoms with E-state index >= 15 is 0 Å². The summed E-state index contributed by atoms with van der Waals surface area (Å²) in [6, 6.07) is 17.6. The molecule has 0 atom stereocenters. The largest absolute Gasteiger partial charge is 0.488 e. The van der Waals surface area contributed by atoms with Gasteiger partial charge in [0.1, 0.15) is 11.4 Å². The molecule has 124 valence electrons. The SMILES string of the molecule is CC(C)(C)Oc1ccccc1CN=C(N)Nc1ccccc1.I. The van der Waals surface area contributed by atoms with E-state index in [1.54, 1.807) is 0 Å². The van der Waals surface area contributed by atoms with Crippen LogP contribution in [-0.2, 0) is 6.54 Å². The van der Waals surface area contributed by atoms with Crippen LogP contribution >= 0.6 is 24.0 Å². The van der Waals surface area contributed by atoms with E-state index in [-0.39, 0.29) is 29.6 Å². The van der Waals surface area contributed by atoms with E-state index in [1.165, 1.54) is 0 Å². The van der Waals surface area contributed by atoms with Crippen molar-refractivity contribution in [2.75, 3.05) is 5.32 Å². The third-order valence-corrected chi connectivity index (χ3v) is 2.85. The first-order valence-electron chi connectivity index (χ1n) is 7.33. The van der Waals surface area contributed by atoms with Gasteiger partial charge in [-0.1, -0.05) is 36.4 Å². The smallest absolute Gasteiger partial charge is 0.193 e. The zero-order chi connectivity index (χ0) is 16.0. The molecule has 0 spiro atoms. The zero-order valence-electron chi connectivity index (χ0n) is 13.7. The number of rotatable bonds is 4. The molecule has 0 unspecified atom stereocenters. The zero-order valence-corrected chi connectivity index (χ0v) is 16.1. The summed E-state index contributed by atoms with van der Waals surface area (Å²) < 4.78 is 5.95. The van der Waals surface area contributed by atoms with Gasteiger partial charge in [-0.25, -0.2) is 4.99 Å². The fraction of sp³-hybridized carbons (Fsp3) is 0.278. The Labute approximate surface area is 155 Å². The Kier molecular flexibility index (Phi) is 7.35. The third-order valence-electron chi connectivity index (χ3n) is 2.85. The molecule has 0 fully saturated rings. The standard InChI is InChI=1S/C18H23N3O.HI/c1-18(2,3)22-16-12-8-7-9-14(16)13-20-17(19)21-15-10-5-4-6-11-15;/h4-12H,13H2,1-3H3,(H3,19,20,21);1H.